The smallest absolute Gasteiger partial charge is 0.166 e. The lowest BCUT2D eigenvalue weighted by Crippen LogP contribution is -1.96. The molecule has 0 spiro atoms. The largest absolute Gasteiger partial charge is 0.274 e. The van der Waals surface area contributed by atoms with Gasteiger partial charge < -0.3 is 0 Å². The molecule has 0 bridgehead atoms. The summed E-state index contributed by atoms with van der Waals surface area (Å²) in [5.41, 5.74) is 15.9. The van der Waals surface area contributed by atoms with Crippen molar-refractivity contribution < 1.29 is 0 Å². The summed E-state index contributed by atoms with van der Waals surface area (Å²) in [7, 11) is 0. The van der Waals surface area contributed by atoms with Crippen LogP contribution in [0.15, 0.2) is 85.2 Å². The fraction of sp³-hybridized carbons (Fsp3) is 0.0645. The minimum atomic E-state index is 0.877. The van der Waals surface area contributed by atoms with Crippen LogP contribution in [-0.2, 0) is 12.8 Å². The van der Waals surface area contributed by atoms with Gasteiger partial charge in [0.05, 0.1) is 11.0 Å². The van der Waals surface area contributed by atoms with Gasteiger partial charge in [-0.2, -0.15) is 0 Å². The van der Waals surface area contributed by atoms with Gasteiger partial charge in [-0.25, -0.2) is 9.97 Å². The van der Waals surface area contributed by atoms with Gasteiger partial charge in [0.2, 0.25) is 0 Å². The van der Waals surface area contributed by atoms with Crippen molar-refractivity contribution in [3.8, 4) is 22.3 Å². The molecule has 0 saturated heterocycles. The molecule has 4 nitrogen and oxygen atoms in total. The van der Waals surface area contributed by atoms with Gasteiger partial charge in [-0.05, 0) is 81.3 Å². The average Bonchev–Trinajstić information content (AvgIpc) is 3.58. The molecule has 4 aromatic heterocycles. The standard InChI is InChI=1S/C31H18N4/c1-2-6-20-17(5-1)13-18-14-19-15-26-21(25(19)16-24(18)20)9-10-27-29(26)35-30-23(8-4-12-33-30)22-7-3-11-32-28(22)31(35)34-27/h1-12,14,16H,13,15H2. The summed E-state index contributed by atoms with van der Waals surface area (Å²) in [6, 6.07) is 26.3. The van der Waals surface area contributed by atoms with Gasteiger partial charge in [0.25, 0.3) is 0 Å². The van der Waals surface area contributed by atoms with E-state index in [1.807, 2.05) is 24.5 Å². The first-order valence-corrected chi connectivity index (χ1v) is 12.0. The Hall–Kier alpha value is -4.57. The molecule has 7 aromatic rings. The Balaban J connectivity index is 1.40. The van der Waals surface area contributed by atoms with Gasteiger partial charge in [0.1, 0.15) is 11.2 Å². The fourth-order valence-corrected chi connectivity index (χ4v) is 6.44. The second kappa shape index (κ2) is 6.10. The Labute approximate surface area is 200 Å². The summed E-state index contributed by atoms with van der Waals surface area (Å²) >= 11 is 0. The molecular formula is C31H18N4. The van der Waals surface area contributed by atoms with Crippen LogP contribution in [0, 0.1) is 0 Å². The summed E-state index contributed by atoms with van der Waals surface area (Å²) in [5, 5.41) is 2.19. The molecule has 2 aliphatic rings. The number of aromatic nitrogens is 4. The number of fused-ring (bicyclic) bond motifs is 15. The van der Waals surface area contributed by atoms with Crippen molar-refractivity contribution in [2.24, 2.45) is 0 Å². The minimum absolute atomic E-state index is 0.877. The lowest BCUT2D eigenvalue weighted by Gasteiger charge is -2.09. The Morgan fingerprint density at radius 1 is 0.600 bits per heavy atom. The first kappa shape index (κ1) is 17.8. The fourth-order valence-electron chi connectivity index (χ4n) is 6.44. The summed E-state index contributed by atoms with van der Waals surface area (Å²) in [5.74, 6) is 0. The van der Waals surface area contributed by atoms with E-state index < -0.39 is 0 Å². The first-order chi connectivity index (χ1) is 17.3. The summed E-state index contributed by atoms with van der Waals surface area (Å²) in [6.07, 6.45) is 5.65. The molecule has 0 amide bonds. The van der Waals surface area contributed by atoms with Gasteiger partial charge >= 0.3 is 0 Å². The highest BCUT2D eigenvalue weighted by molar-refractivity contribution is 6.12. The van der Waals surface area contributed by atoms with E-state index in [9.17, 15) is 0 Å². The third-order valence-electron chi connectivity index (χ3n) is 7.91. The third-order valence-corrected chi connectivity index (χ3v) is 7.91. The average molecular weight is 447 g/mol. The van der Waals surface area contributed by atoms with Crippen molar-refractivity contribution in [2.45, 2.75) is 12.8 Å². The van der Waals surface area contributed by atoms with E-state index in [-0.39, 0.29) is 0 Å². The van der Waals surface area contributed by atoms with Gasteiger partial charge in [-0.15, -0.1) is 0 Å². The summed E-state index contributed by atoms with van der Waals surface area (Å²) in [4.78, 5) is 14.7. The highest BCUT2D eigenvalue weighted by Gasteiger charge is 2.28. The van der Waals surface area contributed by atoms with E-state index in [1.165, 1.54) is 44.5 Å². The van der Waals surface area contributed by atoms with Crippen molar-refractivity contribution in [3.05, 3.63) is 107 Å². The van der Waals surface area contributed by atoms with Crippen LogP contribution in [-0.4, -0.2) is 19.4 Å². The van der Waals surface area contributed by atoms with Crippen LogP contribution in [0.5, 0.6) is 0 Å². The second-order valence-corrected chi connectivity index (χ2v) is 9.68. The second-order valence-electron chi connectivity index (χ2n) is 9.68. The molecule has 0 atom stereocenters. The number of hydrogen-bond acceptors (Lipinski definition) is 3. The monoisotopic (exact) mass is 446 g/mol. The van der Waals surface area contributed by atoms with Gasteiger partial charge in [0.15, 0.2) is 5.65 Å². The van der Waals surface area contributed by atoms with E-state index in [0.717, 1.165) is 51.5 Å². The van der Waals surface area contributed by atoms with Crippen LogP contribution >= 0.6 is 0 Å². The zero-order valence-electron chi connectivity index (χ0n) is 18.8. The van der Waals surface area contributed by atoms with Crippen molar-refractivity contribution >= 4 is 38.6 Å². The zero-order valence-corrected chi connectivity index (χ0v) is 18.8. The quantitative estimate of drug-likeness (QED) is 0.243. The normalized spacial score (nSPS) is 13.5. The molecule has 162 valence electrons. The maximum atomic E-state index is 5.09. The highest BCUT2D eigenvalue weighted by atomic mass is 15.1. The lowest BCUT2D eigenvalue weighted by atomic mass is 9.98. The minimum Gasteiger partial charge on any atom is -0.274 e. The van der Waals surface area contributed by atoms with Crippen molar-refractivity contribution in [1.82, 2.24) is 19.4 Å². The van der Waals surface area contributed by atoms with Crippen LogP contribution in [0.2, 0.25) is 0 Å². The van der Waals surface area contributed by atoms with Crippen LogP contribution in [0.4, 0.5) is 0 Å². The molecule has 0 fully saturated rings. The molecule has 0 N–H and O–H groups in total. The summed E-state index contributed by atoms with van der Waals surface area (Å²) in [6.45, 7) is 0. The van der Waals surface area contributed by atoms with Crippen LogP contribution < -0.4 is 0 Å². The van der Waals surface area contributed by atoms with Gasteiger partial charge in [-0.3, -0.25) is 9.38 Å². The SMILES string of the molecule is c1ccc2c(c1)Cc1cc3c(cc1-2)-c1ccc2nc4c5ncccc5c5cccnc5n4c2c1C3. The molecule has 4 heteroatoms. The number of pyridine rings is 3. The maximum Gasteiger partial charge on any atom is 0.166 e. The van der Waals surface area contributed by atoms with Crippen molar-refractivity contribution in [1.29, 1.82) is 0 Å². The zero-order chi connectivity index (χ0) is 22.7. The van der Waals surface area contributed by atoms with Gasteiger partial charge in [-0.1, -0.05) is 42.5 Å². The topological polar surface area (TPSA) is 43.1 Å². The predicted molar refractivity (Wildman–Crippen MR) is 140 cm³/mol. The molecule has 9 rings (SSSR count). The van der Waals surface area contributed by atoms with Crippen LogP contribution in [0.25, 0.3) is 60.9 Å². The highest BCUT2D eigenvalue weighted by Crippen LogP contribution is 2.47. The van der Waals surface area contributed by atoms with E-state index in [0.29, 0.717) is 0 Å². The number of nitrogens with zero attached hydrogens (tertiary/aromatic N) is 4. The van der Waals surface area contributed by atoms with E-state index in [2.05, 4.69) is 65.1 Å². The Morgan fingerprint density at radius 2 is 1.43 bits per heavy atom. The lowest BCUT2D eigenvalue weighted by molar-refractivity contribution is 1.19. The molecule has 2 aliphatic carbocycles. The van der Waals surface area contributed by atoms with Crippen molar-refractivity contribution in [3.63, 3.8) is 0 Å². The van der Waals surface area contributed by atoms with Gasteiger partial charge in [0, 0.05) is 29.6 Å². The third kappa shape index (κ3) is 2.15. The van der Waals surface area contributed by atoms with E-state index >= 15 is 0 Å². The molecule has 0 unspecified atom stereocenters. The first-order valence-electron chi connectivity index (χ1n) is 12.0. The Bertz CT molecular complexity index is 2070. The number of rotatable bonds is 0. The van der Waals surface area contributed by atoms with E-state index in [1.54, 1.807) is 0 Å². The molecule has 0 saturated carbocycles. The van der Waals surface area contributed by atoms with E-state index in [4.69, 9.17) is 15.0 Å². The van der Waals surface area contributed by atoms with Crippen LogP contribution in [0.3, 0.4) is 0 Å². The Morgan fingerprint density at radius 3 is 2.40 bits per heavy atom. The summed E-state index contributed by atoms with van der Waals surface area (Å²) < 4.78 is 2.24. The Kier molecular flexibility index (Phi) is 3.11. The molecule has 0 aliphatic heterocycles. The molecule has 35 heavy (non-hydrogen) atoms. The molecule has 4 heterocycles. The number of hydrogen-bond donors (Lipinski definition) is 0. The van der Waals surface area contributed by atoms with Crippen molar-refractivity contribution in [2.75, 3.05) is 0 Å². The molecule has 0 radical (unpaired) electrons. The van der Waals surface area contributed by atoms with Crippen LogP contribution in [0.1, 0.15) is 22.3 Å². The molecule has 3 aromatic carbocycles. The predicted octanol–water partition coefficient (Wildman–Crippen LogP) is 6.73. The number of benzene rings is 3. The molecular weight excluding hydrogens is 428 g/mol. The number of imidazole rings is 1. The maximum absolute atomic E-state index is 5.09.